The van der Waals surface area contributed by atoms with E-state index >= 15 is 4.79 Å². The van der Waals surface area contributed by atoms with Crippen LogP contribution >= 0.6 is 11.6 Å². The molecule has 4 aromatic carbocycles. The Bertz CT molecular complexity index is 2250. The Balaban J connectivity index is 1.31. The Morgan fingerprint density at radius 3 is 2.34 bits per heavy atom. The number of halogens is 3. The first-order chi connectivity index (χ1) is 26.9. The van der Waals surface area contributed by atoms with Gasteiger partial charge in [-0.1, -0.05) is 48.0 Å². The van der Waals surface area contributed by atoms with Gasteiger partial charge in [-0.2, -0.15) is 0 Å². The van der Waals surface area contributed by atoms with Crippen molar-refractivity contribution in [2.45, 2.75) is 52.7 Å². The summed E-state index contributed by atoms with van der Waals surface area (Å²) in [6, 6.07) is 25.6. The zero-order valence-electron chi connectivity index (χ0n) is 32.5. The molecule has 3 heterocycles. The number of methoxy groups -OCH3 is 1. The van der Waals surface area contributed by atoms with Crippen LogP contribution in [-0.2, 0) is 31.3 Å². The van der Waals surface area contributed by atoms with Crippen LogP contribution in [0.15, 0.2) is 84.9 Å². The van der Waals surface area contributed by atoms with Crippen molar-refractivity contribution in [3.63, 3.8) is 0 Å². The number of hydrogen-bond donors (Lipinski definition) is 0. The van der Waals surface area contributed by atoms with Crippen molar-refractivity contribution in [1.29, 1.82) is 0 Å². The smallest absolute Gasteiger partial charge is 0.264 e. The highest BCUT2D eigenvalue weighted by molar-refractivity contribution is 6.30. The lowest BCUT2D eigenvalue weighted by atomic mass is 9.91. The number of morpholine rings is 1. The molecule has 0 saturated carbocycles. The third-order valence-electron chi connectivity index (χ3n) is 11.4. The minimum Gasteiger partial charge on any atom is -0.496 e. The summed E-state index contributed by atoms with van der Waals surface area (Å²) < 4.78 is 42.3. The first kappa shape index (κ1) is 39.2. The minimum atomic E-state index is -2.76. The fraction of sp³-hybridized carbons (Fsp3) is 0.333. The molecule has 1 atom stereocenters. The lowest BCUT2D eigenvalue weighted by Gasteiger charge is -2.40. The zero-order chi connectivity index (χ0) is 39.7. The van der Waals surface area contributed by atoms with Crippen molar-refractivity contribution in [1.82, 2.24) is 14.4 Å². The van der Waals surface area contributed by atoms with Crippen LogP contribution in [0.3, 0.4) is 0 Å². The molecule has 0 unspecified atom stereocenters. The number of anilines is 1. The molecule has 1 aromatic heterocycles. The summed E-state index contributed by atoms with van der Waals surface area (Å²) in [6.07, 6.45) is -2.08. The molecule has 0 bridgehead atoms. The second-order valence-electron chi connectivity index (χ2n) is 14.7. The number of fused-ring (bicyclic) bond motifs is 1. The number of rotatable bonds is 10. The predicted molar refractivity (Wildman–Crippen MR) is 216 cm³/mol. The van der Waals surface area contributed by atoms with Crippen molar-refractivity contribution < 1.29 is 27.8 Å². The standard InChI is InChI=1S/C45H47ClF2N4O4/c1-28-21-40(45(54)52-26-33-10-7-6-9-31(33)22-36(52)27-50-17-19-56-20-18-50)39(23-37(28)43(47)48)41-24-38(30(3)49(41)4)44(53)51(35-15-13-34(46)14-16-35)25-32-11-8-12-42(55-5)29(32)2/h6-16,21,23-24,36,43H,17-20,22,25-27H2,1-5H3/t36-/m0/s1. The highest BCUT2D eigenvalue weighted by Gasteiger charge is 2.35. The van der Waals surface area contributed by atoms with E-state index in [1.165, 1.54) is 11.6 Å². The van der Waals surface area contributed by atoms with Crippen LogP contribution in [0, 0.1) is 20.8 Å². The van der Waals surface area contributed by atoms with Crippen LogP contribution in [0.1, 0.15) is 66.2 Å². The largest absolute Gasteiger partial charge is 0.496 e. The quantitative estimate of drug-likeness (QED) is 0.142. The van der Waals surface area contributed by atoms with E-state index in [2.05, 4.69) is 11.0 Å². The monoisotopic (exact) mass is 780 g/mol. The molecule has 2 aliphatic heterocycles. The summed E-state index contributed by atoms with van der Waals surface area (Å²) in [5.74, 6) is 0.181. The first-order valence-electron chi connectivity index (χ1n) is 18.9. The van der Waals surface area contributed by atoms with Gasteiger partial charge in [0, 0.05) is 78.1 Å². The number of benzene rings is 4. The van der Waals surface area contributed by atoms with Gasteiger partial charge in [-0.3, -0.25) is 14.5 Å². The maximum atomic E-state index is 15.0. The summed E-state index contributed by atoms with van der Waals surface area (Å²) in [4.78, 5) is 35.7. The number of hydrogen-bond acceptors (Lipinski definition) is 5. The van der Waals surface area contributed by atoms with Gasteiger partial charge in [-0.05, 0) is 104 Å². The third-order valence-corrected chi connectivity index (χ3v) is 11.7. The number of carbonyl (C=O) groups excluding carboxylic acids is 2. The van der Waals surface area contributed by atoms with Crippen molar-refractivity contribution in [3.05, 3.63) is 140 Å². The molecular weight excluding hydrogens is 734 g/mol. The molecule has 11 heteroatoms. The van der Waals surface area contributed by atoms with Crippen LogP contribution in [0.2, 0.25) is 5.02 Å². The van der Waals surface area contributed by atoms with Crippen LogP contribution in [0.25, 0.3) is 11.3 Å². The number of aryl methyl sites for hydroxylation is 1. The first-order valence-corrected chi connectivity index (χ1v) is 19.3. The van der Waals surface area contributed by atoms with Crippen LogP contribution in [0.5, 0.6) is 5.75 Å². The van der Waals surface area contributed by atoms with Crippen LogP contribution < -0.4 is 9.64 Å². The van der Waals surface area contributed by atoms with Gasteiger partial charge in [0.2, 0.25) is 0 Å². The molecular formula is C45H47ClF2N4O4. The molecule has 7 rings (SSSR count). The van der Waals surface area contributed by atoms with Crippen molar-refractivity contribution in [2.24, 2.45) is 7.05 Å². The Labute approximate surface area is 332 Å². The number of amides is 2. The van der Waals surface area contributed by atoms with Crippen molar-refractivity contribution in [3.8, 4) is 17.0 Å². The Kier molecular flexibility index (Phi) is 11.6. The molecule has 1 fully saturated rings. The average Bonchev–Trinajstić information content (AvgIpc) is 3.50. The van der Waals surface area contributed by atoms with E-state index in [-0.39, 0.29) is 30.0 Å². The minimum absolute atomic E-state index is 0.140. The maximum absolute atomic E-state index is 15.0. The van der Waals surface area contributed by atoms with Gasteiger partial charge in [0.1, 0.15) is 5.75 Å². The third kappa shape index (κ3) is 7.83. The fourth-order valence-corrected chi connectivity index (χ4v) is 8.14. The summed E-state index contributed by atoms with van der Waals surface area (Å²) in [7, 11) is 3.41. The molecule has 2 amide bonds. The molecule has 8 nitrogen and oxygen atoms in total. The van der Waals surface area contributed by atoms with Gasteiger partial charge < -0.3 is 23.8 Å². The Morgan fingerprint density at radius 2 is 1.64 bits per heavy atom. The van der Waals surface area contributed by atoms with Gasteiger partial charge in [-0.15, -0.1) is 0 Å². The molecule has 292 valence electrons. The van der Waals surface area contributed by atoms with Gasteiger partial charge >= 0.3 is 0 Å². The van der Waals surface area contributed by atoms with Gasteiger partial charge in [0.15, 0.2) is 0 Å². The highest BCUT2D eigenvalue weighted by Crippen LogP contribution is 2.37. The Hall–Kier alpha value is -5.03. The number of carbonyl (C=O) groups is 2. The van der Waals surface area contributed by atoms with E-state index in [0.717, 1.165) is 29.8 Å². The molecule has 56 heavy (non-hydrogen) atoms. The number of ether oxygens (including phenoxy) is 2. The molecule has 5 aromatic rings. The second kappa shape index (κ2) is 16.6. The molecule has 0 radical (unpaired) electrons. The summed E-state index contributed by atoms with van der Waals surface area (Å²) in [5, 5.41) is 0.535. The normalized spacial score (nSPS) is 15.9. The molecule has 0 N–H and O–H groups in total. The lowest BCUT2D eigenvalue weighted by molar-refractivity contribution is 0.0193. The van der Waals surface area contributed by atoms with E-state index in [4.69, 9.17) is 21.1 Å². The van der Waals surface area contributed by atoms with E-state index in [1.807, 2.05) is 59.7 Å². The molecule has 0 aliphatic carbocycles. The average molecular weight is 781 g/mol. The SMILES string of the molecule is COc1cccc(CN(C(=O)c2cc(-c3cc(C(F)F)c(C)cc3C(=O)N3Cc4ccccc4C[C@H]3CN3CCOCC3)n(C)c2C)c2ccc(Cl)cc2)c1C. The zero-order valence-corrected chi connectivity index (χ0v) is 33.2. The molecule has 1 saturated heterocycles. The Morgan fingerprint density at radius 1 is 0.929 bits per heavy atom. The number of aromatic nitrogens is 1. The van der Waals surface area contributed by atoms with E-state index in [9.17, 15) is 13.6 Å². The van der Waals surface area contributed by atoms with Crippen molar-refractivity contribution in [2.75, 3.05) is 44.9 Å². The summed E-state index contributed by atoms with van der Waals surface area (Å²) in [5.41, 5.74) is 7.05. The maximum Gasteiger partial charge on any atom is 0.264 e. The number of nitrogens with zero attached hydrogens (tertiary/aromatic N) is 4. The van der Waals surface area contributed by atoms with E-state index in [1.54, 1.807) is 62.4 Å². The molecule has 2 aliphatic rings. The van der Waals surface area contributed by atoms with Gasteiger partial charge in [-0.25, -0.2) is 8.78 Å². The van der Waals surface area contributed by atoms with E-state index in [0.29, 0.717) is 82.8 Å². The highest BCUT2D eigenvalue weighted by atomic mass is 35.5. The second-order valence-corrected chi connectivity index (χ2v) is 15.2. The predicted octanol–water partition coefficient (Wildman–Crippen LogP) is 8.96. The number of alkyl halides is 2. The van der Waals surface area contributed by atoms with Crippen LogP contribution in [-0.4, -0.2) is 72.2 Å². The fourth-order valence-electron chi connectivity index (χ4n) is 8.02. The summed E-state index contributed by atoms with van der Waals surface area (Å²) in [6.45, 7) is 9.53. The van der Waals surface area contributed by atoms with Crippen molar-refractivity contribution >= 4 is 29.1 Å². The molecule has 0 spiro atoms. The van der Waals surface area contributed by atoms with Crippen LogP contribution in [0.4, 0.5) is 14.5 Å². The topological polar surface area (TPSA) is 67.2 Å². The van der Waals surface area contributed by atoms with E-state index < -0.39 is 6.43 Å². The van der Waals surface area contributed by atoms with Gasteiger partial charge in [0.25, 0.3) is 18.2 Å². The lowest BCUT2D eigenvalue weighted by Crippen LogP contribution is -2.52. The van der Waals surface area contributed by atoms with Gasteiger partial charge in [0.05, 0.1) is 32.4 Å². The summed E-state index contributed by atoms with van der Waals surface area (Å²) >= 11 is 6.27.